The Bertz CT molecular complexity index is 614. The van der Waals surface area contributed by atoms with Crippen molar-refractivity contribution in [2.45, 2.75) is 38.3 Å². The number of nitrogens with one attached hydrogen (secondary N) is 2. The topological polar surface area (TPSA) is 58.2 Å². The van der Waals surface area contributed by atoms with Crippen molar-refractivity contribution in [1.29, 1.82) is 0 Å². The molecule has 1 aliphatic rings. The molecule has 4 nitrogen and oxygen atoms in total. The van der Waals surface area contributed by atoms with Crippen LogP contribution < -0.4 is 10.6 Å². The zero-order chi connectivity index (χ0) is 17.7. The van der Waals surface area contributed by atoms with E-state index in [-0.39, 0.29) is 29.1 Å². The highest BCUT2D eigenvalue weighted by Crippen LogP contribution is 2.36. The summed E-state index contributed by atoms with van der Waals surface area (Å²) in [5.74, 6) is -1.06. The van der Waals surface area contributed by atoms with Crippen molar-refractivity contribution in [3.05, 3.63) is 28.8 Å². The van der Waals surface area contributed by atoms with E-state index >= 15 is 0 Å². The highest BCUT2D eigenvalue weighted by molar-refractivity contribution is 6.30. The third kappa shape index (κ3) is 5.12. The number of benzene rings is 1. The van der Waals surface area contributed by atoms with Crippen molar-refractivity contribution in [3.63, 3.8) is 0 Å². The predicted octanol–water partition coefficient (Wildman–Crippen LogP) is 3.99. The van der Waals surface area contributed by atoms with Gasteiger partial charge in [0.2, 0.25) is 11.8 Å². The smallest absolute Gasteiger partial charge is 0.347 e. The molecule has 1 aliphatic carbocycles. The molecule has 24 heavy (non-hydrogen) atoms. The van der Waals surface area contributed by atoms with Crippen molar-refractivity contribution in [3.8, 4) is 0 Å². The van der Waals surface area contributed by atoms with E-state index in [4.69, 9.17) is 11.6 Å². The second-order valence-corrected chi connectivity index (χ2v) is 6.23. The zero-order valence-electron chi connectivity index (χ0n) is 12.9. The van der Waals surface area contributed by atoms with Gasteiger partial charge in [0, 0.05) is 10.9 Å². The standard InChI is InChI=1S/C16H18ClF3N2O2/c17-11-6-7-13(12(8-11)16(18,19)20)22-14(23)9-21-15(24)10-4-2-1-3-5-10/h6-8,10H,1-5,9H2,(H,21,24)(H,22,23). The fourth-order valence-electron chi connectivity index (χ4n) is 2.73. The lowest BCUT2D eigenvalue weighted by Crippen LogP contribution is -2.37. The van der Waals surface area contributed by atoms with Crippen LogP contribution in [0, 0.1) is 5.92 Å². The molecule has 0 unspecified atom stereocenters. The zero-order valence-corrected chi connectivity index (χ0v) is 13.6. The van der Waals surface area contributed by atoms with Crippen LogP contribution in [0.25, 0.3) is 0 Å². The molecule has 0 heterocycles. The first kappa shape index (κ1) is 18.6. The molecule has 8 heteroatoms. The Morgan fingerprint density at radius 3 is 2.46 bits per heavy atom. The van der Waals surface area contributed by atoms with Crippen molar-refractivity contribution in [1.82, 2.24) is 5.32 Å². The van der Waals surface area contributed by atoms with Crippen molar-refractivity contribution < 1.29 is 22.8 Å². The van der Waals surface area contributed by atoms with Gasteiger partial charge in [-0.25, -0.2) is 0 Å². The van der Waals surface area contributed by atoms with Gasteiger partial charge in [-0.05, 0) is 31.0 Å². The molecule has 1 saturated carbocycles. The van der Waals surface area contributed by atoms with E-state index in [9.17, 15) is 22.8 Å². The van der Waals surface area contributed by atoms with Crippen LogP contribution in [0.15, 0.2) is 18.2 Å². The van der Waals surface area contributed by atoms with Gasteiger partial charge in [-0.15, -0.1) is 0 Å². The Kier molecular flexibility index (Phi) is 6.10. The maximum Gasteiger partial charge on any atom is 0.418 e. The maximum atomic E-state index is 13.0. The molecule has 0 aliphatic heterocycles. The van der Waals surface area contributed by atoms with Crippen LogP contribution in [-0.4, -0.2) is 18.4 Å². The van der Waals surface area contributed by atoms with Crippen LogP contribution in [-0.2, 0) is 15.8 Å². The quantitative estimate of drug-likeness (QED) is 0.850. The van der Waals surface area contributed by atoms with E-state index in [1.54, 1.807) is 0 Å². The Morgan fingerprint density at radius 2 is 1.83 bits per heavy atom. The SMILES string of the molecule is O=C(CNC(=O)C1CCCCC1)Nc1ccc(Cl)cc1C(F)(F)F. The average Bonchev–Trinajstić information content (AvgIpc) is 2.54. The van der Waals surface area contributed by atoms with Crippen molar-refractivity contribution in [2.24, 2.45) is 5.92 Å². The summed E-state index contributed by atoms with van der Waals surface area (Å²) in [7, 11) is 0. The Hall–Kier alpha value is -1.76. The van der Waals surface area contributed by atoms with Gasteiger partial charge in [0.05, 0.1) is 17.8 Å². The molecule has 0 spiro atoms. The number of anilines is 1. The lowest BCUT2D eigenvalue weighted by atomic mass is 9.89. The molecule has 1 aromatic rings. The Morgan fingerprint density at radius 1 is 1.17 bits per heavy atom. The van der Waals surface area contributed by atoms with E-state index in [2.05, 4.69) is 10.6 Å². The summed E-state index contributed by atoms with van der Waals surface area (Å²) in [5.41, 5.74) is -1.41. The molecule has 0 bridgehead atoms. The number of halogens is 4. The van der Waals surface area contributed by atoms with E-state index in [0.717, 1.165) is 44.2 Å². The maximum absolute atomic E-state index is 13.0. The van der Waals surface area contributed by atoms with Crippen molar-refractivity contribution in [2.75, 3.05) is 11.9 Å². The van der Waals surface area contributed by atoms with Crippen LogP contribution in [0.2, 0.25) is 5.02 Å². The Balaban J connectivity index is 1.94. The first-order valence-corrected chi connectivity index (χ1v) is 8.09. The second-order valence-electron chi connectivity index (χ2n) is 5.79. The summed E-state index contributed by atoms with van der Waals surface area (Å²) in [6.45, 7) is -0.366. The number of hydrogen-bond acceptors (Lipinski definition) is 2. The molecular formula is C16H18ClF3N2O2. The van der Waals surface area contributed by atoms with Gasteiger partial charge < -0.3 is 10.6 Å². The van der Waals surface area contributed by atoms with E-state index in [1.165, 1.54) is 6.07 Å². The van der Waals surface area contributed by atoms with Gasteiger partial charge >= 0.3 is 6.18 Å². The summed E-state index contributed by atoms with van der Waals surface area (Å²) in [6.07, 6.45) is -0.0281. The average molecular weight is 363 g/mol. The third-order valence-corrected chi connectivity index (χ3v) is 4.20. The first-order chi connectivity index (χ1) is 11.3. The van der Waals surface area contributed by atoms with E-state index < -0.39 is 17.6 Å². The molecule has 0 aromatic heterocycles. The summed E-state index contributed by atoms with van der Waals surface area (Å²) < 4.78 is 38.9. The molecule has 2 rings (SSSR count). The highest BCUT2D eigenvalue weighted by Gasteiger charge is 2.34. The van der Waals surface area contributed by atoms with Crippen molar-refractivity contribution >= 4 is 29.1 Å². The lowest BCUT2D eigenvalue weighted by Gasteiger charge is -2.20. The molecule has 0 saturated heterocycles. The van der Waals surface area contributed by atoms with Crippen LogP contribution in [0.3, 0.4) is 0 Å². The monoisotopic (exact) mass is 362 g/mol. The summed E-state index contributed by atoms with van der Waals surface area (Å²) in [5, 5.41) is 4.58. The Labute approximate surface area is 142 Å². The van der Waals surface area contributed by atoms with Crippen LogP contribution in [0.1, 0.15) is 37.7 Å². The van der Waals surface area contributed by atoms with Crippen LogP contribution in [0.4, 0.5) is 18.9 Å². The minimum Gasteiger partial charge on any atom is -0.347 e. The lowest BCUT2D eigenvalue weighted by molar-refractivity contribution is -0.137. The van der Waals surface area contributed by atoms with E-state index in [1.807, 2.05) is 0 Å². The third-order valence-electron chi connectivity index (χ3n) is 3.96. The predicted molar refractivity (Wildman–Crippen MR) is 84.7 cm³/mol. The largest absolute Gasteiger partial charge is 0.418 e. The van der Waals surface area contributed by atoms with Gasteiger partial charge in [-0.2, -0.15) is 13.2 Å². The molecule has 132 valence electrons. The van der Waals surface area contributed by atoms with Gasteiger partial charge in [-0.1, -0.05) is 30.9 Å². The molecule has 1 aromatic carbocycles. The van der Waals surface area contributed by atoms with E-state index in [0.29, 0.717) is 0 Å². The molecule has 2 amide bonds. The summed E-state index contributed by atoms with van der Waals surface area (Å²) in [6, 6.07) is 3.09. The van der Waals surface area contributed by atoms with Gasteiger partial charge in [-0.3, -0.25) is 9.59 Å². The fraction of sp³-hybridized carbons (Fsp3) is 0.500. The van der Waals surface area contributed by atoms with Gasteiger partial charge in [0.25, 0.3) is 0 Å². The number of alkyl halides is 3. The minimum absolute atomic E-state index is 0.0778. The second kappa shape index (κ2) is 7.88. The van der Waals surface area contributed by atoms with Gasteiger partial charge in [0.1, 0.15) is 0 Å². The molecule has 0 atom stereocenters. The normalized spacial score (nSPS) is 15.8. The number of amides is 2. The molecule has 1 fully saturated rings. The fourth-order valence-corrected chi connectivity index (χ4v) is 2.90. The molecule has 0 radical (unpaired) electrons. The number of hydrogen-bond donors (Lipinski definition) is 2. The number of carbonyl (C=O) groups is 2. The molecule has 2 N–H and O–H groups in total. The number of carbonyl (C=O) groups excluding carboxylic acids is 2. The van der Waals surface area contributed by atoms with Crippen LogP contribution in [0.5, 0.6) is 0 Å². The minimum atomic E-state index is -4.64. The number of rotatable bonds is 4. The summed E-state index contributed by atoms with van der Waals surface area (Å²) >= 11 is 5.58. The summed E-state index contributed by atoms with van der Waals surface area (Å²) in [4.78, 5) is 23.8. The molecular weight excluding hydrogens is 345 g/mol. The first-order valence-electron chi connectivity index (χ1n) is 7.71. The van der Waals surface area contributed by atoms with Gasteiger partial charge in [0.15, 0.2) is 0 Å². The van der Waals surface area contributed by atoms with Crippen LogP contribution >= 0.6 is 11.6 Å². The highest BCUT2D eigenvalue weighted by atomic mass is 35.5.